The zero-order valence-electron chi connectivity index (χ0n) is 15.7. The first kappa shape index (κ1) is 18.9. The fraction of sp³-hybridized carbons (Fsp3) is 0.333. The summed E-state index contributed by atoms with van der Waals surface area (Å²) in [6.45, 7) is 7.77. The first-order chi connectivity index (χ1) is 12.8. The maximum atomic E-state index is 10.7. The number of phenolic OH excluding ortho intramolecular Hbond substituents is 2. The predicted molar refractivity (Wildman–Crippen MR) is 103 cm³/mol. The second-order valence-corrected chi connectivity index (χ2v) is 7.03. The number of phenols is 2. The van der Waals surface area contributed by atoms with E-state index in [2.05, 4.69) is 16.5 Å². The molecule has 142 valence electrons. The quantitative estimate of drug-likeness (QED) is 0.714. The maximum absolute atomic E-state index is 10.7. The van der Waals surface area contributed by atoms with Gasteiger partial charge in [0, 0.05) is 29.4 Å². The van der Waals surface area contributed by atoms with E-state index >= 15 is 0 Å². The molecule has 6 nitrogen and oxygen atoms in total. The molecule has 0 amide bonds. The highest BCUT2D eigenvalue weighted by molar-refractivity contribution is 5.68. The van der Waals surface area contributed by atoms with Crippen LogP contribution in [0, 0.1) is 5.92 Å². The third-order valence-electron chi connectivity index (χ3n) is 5.13. The Kier molecular flexibility index (Phi) is 5.19. The number of nitrogens with zero attached hydrogens (tertiary/aromatic N) is 2. The van der Waals surface area contributed by atoms with Crippen molar-refractivity contribution in [2.24, 2.45) is 5.92 Å². The standard InChI is InChI=1S/C21H24N2O4/c1-11(2)15-8-17(24)12(3)5-16(15)20-18(25)6-13(7-19(20)26)14-9-22-21(27-4)23-10-14/h5-7,9-10,15-17,24-26H,1,8H2,2-4H3/t15-,16+,17-/m0/s1. The molecule has 1 heterocycles. The molecule has 0 bridgehead atoms. The van der Waals surface area contributed by atoms with Crippen molar-refractivity contribution in [3.8, 4) is 28.6 Å². The molecule has 0 radical (unpaired) electrons. The molecule has 6 heteroatoms. The van der Waals surface area contributed by atoms with Crippen molar-refractivity contribution in [2.45, 2.75) is 32.3 Å². The lowest BCUT2D eigenvalue weighted by atomic mass is 9.72. The topological polar surface area (TPSA) is 95.7 Å². The Morgan fingerprint density at radius 1 is 1.15 bits per heavy atom. The van der Waals surface area contributed by atoms with Crippen molar-refractivity contribution in [1.29, 1.82) is 0 Å². The van der Waals surface area contributed by atoms with E-state index in [0.717, 1.165) is 11.1 Å². The van der Waals surface area contributed by atoms with E-state index in [4.69, 9.17) is 4.74 Å². The van der Waals surface area contributed by atoms with Crippen LogP contribution < -0.4 is 4.74 Å². The van der Waals surface area contributed by atoms with Gasteiger partial charge in [0.2, 0.25) is 0 Å². The number of benzene rings is 1. The third-order valence-corrected chi connectivity index (χ3v) is 5.13. The molecule has 27 heavy (non-hydrogen) atoms. The van der Waals surface area contributed by atoms with E-state index in [-0.39, 0.29) is 29.3 Å². The van der Waals surface area contributed by atoms with Crippen molar-refractivity contribution < 1.29 is 20.1 Å². The van der Waals surface area contributed by atoms with Crippen LogP contribution in [0.1, 0.15) is 31.7 Å². The molecule has 0 unspecified atom stereocenters. The summed E-state index contributed by atoms with van der Waals surface area (Å²) in [5, 5.41) is 31.6. The molecular formula is C21H24N2O4. The van der Waals surface area contributed by atoms with E-state index in [1.165, 1.54) is 7.11 Å². The minimum Gasteiger partial charge on any atom is -0.507 e. The van der Waals surface area contributed by atoms with Crippen LogP contribution in [0.25, 0.3) is 11.1 Å². The van der Waals surface area contributed by atoms with Gasteiger partial charge in [0.05, 0.1) is 13.2 Å². The molecule has 0 saturated carbocycles. The molecule has 3 atom stereocenters. The highest BCUT2D eigenvalue weighted by Crippen LogP contribution is 2.47. The van der Waals surface area contributed by atoms with Crippen molar-refractivity contribution in [2.75, 3.05) is 7.11 Å². The maximum Gasteiger partial charge on any atom is 0.316 e. The molecule has 1 aliphatic carbocycles. The average molecular weight is 368 g/mol. The van der Waals surface area contributed by atoms with Gasteiger partial charge < -0.3 is 20.1 Å². The number of rotatable bonds is 4. The molecule has 3 rings (SSSR count). The smallest absolute Gasteiger partial charge is 0.316 e. The van der Waals surface area contributed by atoms with Crippen LogP contribution in [0.4, 0.5) is 0 Å². The summed E-state index contributed by atoms with van der Waals surface area (Å²) in [6, 6.07) is 3.42. The summed E-state index contributed by atoms with van der Waals surface area (Å²) in [7, 11) is 1.48. The minimum atomic E-state index is -0.539. The monoisotopic (exact) mass is 368 g/mol. The van der Waals surface area contributed by atoms with Gasteiger partial charge in [-0.05, 0) is 49.5 Å². The summed E-state index contributed by atoms with van der Waals surface area (Å²) in [6.07, 6.45) is 5.01. The van der Waals surface area contributed by atoms with Crippen LogP contribution in [0.3, 0.4) is 0 Å². The highest BCUT2D eigenvalue weighted by Gasteiger charge is 2.33. The number of aromatic nitrogens is 2. The number of methoxy groups -OCH3 is 1. The summed E-state index contributed by atoms with van der Waals surface area (Å²) < 4.78 is 4.95. The van der Waals surface area contributed by atoms with Gasteiger partial charge in [0.1, 0.15) is 11.5 Å². The SMILES string of the molecule is C=C(C)[C@@H]1C[C@H](O)C(C)=C[C@H]1c1c(O)cc(-c2cnc(OC)nc2)cc1O. The number of aliphatic hydroxyl groups excluding tert-OH is 1. The summed E-state index contributed by atoms with van der Waals surface area (Å²) >= 11 is 0. The number of aliphatic hydroxyl groups is 1. The first-order valence-corrected chi connectivity index (χ1v) is 8.75. The summed E-state index contributed by atoms with van der Waals surface area (Å²) in [5.74, 6) is -0.363. The van der Waals surface area contributed by atoms with Crippen molar-refractivity contribution in [3.05, 3.63) is 53.9 Å². The van der Waals surface area contributed by atoms with Crippen molar-refractivity contribution in [1.82, 2.24) is 9.97 Å². The fourth-order valence-electron chi connectivity index (χ4n) is 3.58. The zero-order chi connectivity index (χ0) is 19.7. The first-order valence-electron chi connectivity index (χ1n) is 8.75. The highest BCUT2D eigenvalue weighted by atomic mass is 16.5. The number of hydrogen-bond acceptors (Lipinski definition) is 6. The normalized spacial score (nSPS) is 22.2. The minimum absolute atomic E-state index is 0.0162. The molecular weight excluding hydrogens is 344 g/mol. The second-order valence-electron chi connectivity index (χ2n) is 7.03. The van der Waals surface area contributed by atoms with E-state index in [9.17, 15) is 15.3 Å². The van der Waals surface area contributed by atoms with E-state index < -0.39 is 6.10 Å². The van der Waals surface area contributed by atoms with Crippen LogP contribution in [0.15, 0.2) is 48.3 Å². The second kappa shape index (κ2) is 7.40. The molecule has 1 aliphatic rings. The molecule has 0 fully saturated rings. The summed E-state index contributed by atoms with van der Waals surface area (Å²) in [5.41, 5.74) is 3.40. The molecule has 0 saturated heterocycles. The van der Waals surface area contributed by atoms with Crippen LogP contribution >= 0.6 is 0 Å². The fourth-order valence-corrected chi connectivity index (χ4v) is 3.58. The van der Waals surface area contributed by atoms with Gasteiger partial charge >= 0.3 is 6.01 Å². The summed E-state index contributed by atoms with van der Waals surface area (Å²) in [4.78, 5) is 8.11. The van der Waals surface area contributed by atoms with Gasteiger partial charge in [-0.1, -0.05) is 18.2 Å². The Labute approximate surface area is 158 Å². The van der Waals surface area contributed by atoms with Crippen LogP contribution in [-0.2, 0) is 0 Å². The molecule has 0 aliphatic heterocycles. The third kappa shape index (κ3) is 3.66. The number of allylic oxidation sites excluding steroid dienone is 2. The molecule has 0 spiro atoms. The number of ether oxygens (including phenoxy) is 1. The van der Waals surface area contributed by atoms with Crippen molar-refractivity contribution >= 4 is 0 Å². The zero-order valence-corrected chi connectivity index (χ0v) is 15.7. The molecule has 1 aromatic carbocycles. The van der Waals surface area contributed by atoms with Gasteiger partial charge in [0.25, 0.3) is 0 Å². The van der Waals surface area contributed by atoms with Gasteiger partial charge in [-0.25, -0.2) is 9.97 Å². The van der Waals surface area contributed by atoms with Gasteiger partial charge in [0.15, 0.2) is 0 Å². The van der Waals surface area contributed by atoms with Gasteiger partial charge in [-0.2, -0.15) is 0 Å². The molecule has 1 aromatic heterocycles. The lowest BCUT2D eigenvalue weighted by Crippen LogP contribution is -2.26. The van der Waals surface area contributed by atoms with Crippen LogP contribution in [-0.4, -0.2) is 38.5 Å². The number of hydrogen-bond donors (Lipinski definition) is 3. The van der Waals surface area contributed by atoms with Gasteiger partial charge in [-0.15, -0.1) is 0 Å². The van der Waals surface area contributed by atoms with E-state index in [1.54, 1.807) is 24.5 Å². The Morgan fingerprint density at radius 2 is 1.74 bits per heavy atom. The van der Waals surface area contributed by atoms with Crippen LogP contribution in [0.2, 0.25) is 0 Å². The average Bonchev–Trinajstić information content (AvgIpc) is 2.63. The molecule has 3 N–H and O–H groups in total. The number of aromatic hydroxyl groups is 2. The van der Waals surface area contributed by atoms with Gasteiger partial charge in [-0.3, -0.25) is 0 Å². The largest absolute Gasteiger partial charge is 0.507 e. The molecule has 2 aromatic rings. The van der Waals surface area contributed by atoms with E-state index in [0.29, 0.717) is 23.1 Å². The predicted octanol–water partition coefficient (Wildman–Crippen LogP) is 3.55. The Bertz CT molecular complexity index is 867. The Balaban J connectivity index is 2.05. The van der Waals surface area contributed by atoms with Crippen LogP contribution in [0.5, 0.6) is 17.5 Å². The Morgan fingerprint density at radius 3 is 2.26 bits per heavy atom. The van der Waals surface area contributed by atoms with Crippen molar-refractivity contribution in [3.63, 3.8) is 0 Å². The lowest BCUT2D eigenvalue weighted by Gasteiger charge is -2.34. The van der Waals surface area contributed by atoms with E-state index in [1.807, 2.05) is 19.9 Å². The lowest BCUT2D eigenvalue weighted by molar-refractivity contribution is 0.168. The Hall–Kier alpha value is -2.86.